The van der Waals surface area contributed by atoms with E-state index in [1.807, 2.05) is 0 Å². The van der Waals surface area contributed by atoms with Crippen molar-refractivity contribution in [1.82, 2.24) is 0 Å². The molecule has 0 saturated heterocycles. The van der Waals surface area contributed by atoms with E-state index in [1.54, 1.807) is 21.3 Å². The Morgan fingerprint density at radius 1 is 0.611 bits per heavy atom. The van der Waals surface area contributed by atoms with E-state index in [0.29, 0.717) is 39.6 Å². The number of methoxy groups -OCH3 is 3. The molecule has 0 saturated carbocycles. The second kappa shape index (κ2) is 19.1. The molecule has 0 atom stereocenters. The normalized spacial score (nSPS) is 10.2. The monoisotopic (exact) mass is 282 g/mol. The fourth-order valence-electron chi connectivity index (χ4n) is 0.827. The molecule has 0 amide bonds. The highest BCUT2D eigenvalue weighted by molar-refractivity contribution is 6.36. The quantitative estimate of drug-likeness (QED) is 0.295. The third-order valence-electron chi connectivity index (χ3n) is 1.62. The number of hydrogen-bond acceptors (Lipinski definition) is 6. The van der Waals surface area contributed by atoms with E-state index in [2.05, 4.69) is 13.2 Å². The Bertz CT molecular complexity index is 126. The summed E-state index contributed by atoms with van der Waals surface area (Å²) in [6.07, 6.45) is 0. The van der Waals surface area contributed by atoms with Crippen molar-refractivity contribution in [3.05, 3.63) is 13.2 Å². The van der Waals surface area contributed by atoms with Gasteiger partial charge in [0, 0.05) is 21.3 Å². The maximum absolute atomic E-state index is 5.43. The van der Waals surface area contributed by atoms with Crippen molar-refractivity contribution in [1.29, 1.82) is 0 Å². The fraction of sp³-hybridized carbons (Fsp3) is 0.818. The van der Waals surface area contributed by atoms with E-state index < -0.39 is 9.53 Å². The van der Waals surface area contributed by atoms with Crippen LogP contribution in [0.25, 0.3) is 0 Å². The Morgan fingerprint density at radius 2 is 0.889 bits per heavy atom. The Hall–Kier alpha value is -0.283. The van der Waals surface area contributed by atoms with Crippen LogP contribution in [0.3, 0.4) is 0 Å². The number of ether oxygens (including phenoxy) is 3. The highest BCUT2D eigenvalue weighted by atomic mass is 28.3. The van der Waals surface area contributed by atoms with Crippen LogP contribution in [0.15, 0.2) is 13.2 Å². The standard InChI is InChI=1S/C9H22O6Si.C2H4/c1-10-4-7-13-16(14-8-5-11-2)15-9-6-12-3;1-2/h16H,4-9H2,1-3H3;1-2H2. The summed E-state index contributed by atoms with van der Waals surface area (Å²) in [5.74, 6) is 0. The van der Waals surface area contributed by atoms with Gasteiger partial charge in [-0.25, -0.2) is 0 Å². The van der Waals surface area contributed by atoms with Gasteiger partial charge in [0.25, 0.3) is 0 Å². The van der Waals surface area contributed by atoms with Crippen LogP contribution in [0.4, 0.5) is 0 Å². The van der Waals surface area contributed by atoms with Gasteiger partial charge in [-0.3, -0.25) is 0 Å². The molecule has 0 aromatic rings. The number of hydrogen-bond donors (Lipinski definition) is 0. The van der Waals surface area contributed by atoms with Gasteiger partial charge < -0.3 is 27.5 Å². The van der Waals surface area contributed by atoms with Crippen molar-refractivity contribution < 1.29 is 27.5 Å². The largest absolute Gasteiger partial charge is 0.484 e. The van der Waals surface area contributed by atoms with Crippen LogP contribution in [0.1, 0.15) is 0 Å². The molecule has 0 bridgehead atoms. The summed E-state index contributed by atoms with van der Waals surface area (Å²) < 4.78 is 30.9. The van der Waals surface area contributed by atoms with Gasteiger partial charge in [-0.2, -0.15) is 0 Å². The third kappa shape index (κ3) is 15.7. The zero-order valence-corrected chi connectivity index (χ0v) is 12.8. The molecule has 6 nitrogen and oxygen atoms in total. The first-order valence-corrected chi connectivity index (χ1v) is 7.08. The molecule has 0 N–H and O–H groups in total. The molecule has 18 heavy (non-hydrogen) atoms. The van der Waals surface area contributed by atoms with Crippen LogP contribution < -0.4 is 0 Å². The minimum Gasteiger partial charge on any atom is -0.382 e. The lowest BCUT2D eigenvalue weighted by Crippen LogP contribution is -2.31. The maximum Gasteiger partial charge on any atom is 0.484 e. The smallest absolute Gasteiger partial charge is 0.382 e. The van der Waals surface area contributed by atoms with Crippen LogP contribution >= 0.6 is 0 Å². The fourth-order valence-corrected chi connectivity index (χ4v) is 1.98. The zero-order valence-electron chi connectivity index (χ0n) is 11.7. The molecule has 0 rings (SSSR count). The lowest BCUT2D eigenvalue weighted by atomic mass is 10.8. The van der Waals surface area contributed by atoms with E-state index >= 15 is 0 Å². The van der Waals surface area contributed by atoms with E-state index in [0.717, 1.165) is 0 Å². The van der Waals surface area contributed by atoms with Crippen molar-refractivity contribution >= 4 is 9.53 Å². The average molecular weight is 282 g/mol. The molecule has 7 heteroatoms. The summed E-state index contributed by atoms with van der Waals surface area (Å²) in [7, 11) is 2.80. The Morgan fingerprint density at radius 3 is 1.11 bits per heavy atom. The summed E-state index contributed by atoms with van der Waals surface area (Å²) in [5.41, 5.74) is 0. The first-order valence-electron chi connectivity index (χ1n) is 5.66. The van der Waals surface area contributed by atoms with Crippen LogP contribution in [0.2, 0.25) is 0 Å². The van der Waals surface area contributed by atoms with Gasteiger partial charge in [0.2, 0.25) is 0 Å². The van der Waals surface area contributed by atoms with Gasteiger partial charge >= 0.3 is 9.53 Å². The van der Waals surface area contributed by atoms with Crippen molar-refractivity contribution in [3.8, 4) is 0 Å². The topological polar surface area (TPSA) is 55.4 Å². The number of rotatable bonds is 12. The SMILES string of the molecule is C=C.COCCO[SiH](OCCOC)OCCOC. The summed E-state index contributed by atoms with van der Waals surface area (Å²) >= 11 is 0. The van der Waals surface area contributed by atoms with Gasteiger partial charge in [0.05, 0.1) is 39.6 Å². The van der Waals surface area contributed by atoms with Gasteiger partial charge in [0.15, 0.2) is 0 Å². The van der Waals surface area contributed by atoms with Gasteiger partial charge in [-0.1, -0.05) is 0 Å². The average Bonchev–Trinajstić information content (AvgIpc) is 2.41. The Labute approximate surface area is 112 Å². The molecule has 0 fully saturated rings. The van der Waals surface area contributed by atoms with Crippen LogP contribution in [0.5, 0.6) is 0 Å². The molecule has 0 aliphatic heterocycles. The lowest BCUT2D eigenvalue weighted by Gasteiger charge is -2.16. The van der Waals surface area contributed by atoms with Gasteiger partial charge in [-0.15, -0.1) is 13.2 Å². The van der Waals surface area contributed by atoms with Crippen LogP contribution in [-0.4, -0.2) is 70.5 Å². The zero-order chi connectivity index (χ0) is 14.1. The first kappa shape index (κ1) is 20.0. The molecule has 0 heterocycles. The third-order valence-corrected chi connectivity index (χ3v) is 3.15. The van der Waals surface area contributed by atoms with E-state index in [-0.39, 0.29) is 0 Å². The maximum atomic E-state index is 5.43. The molecule has 0 aromatic carbocycles. The van der Waals surface area contributed by atoms with Crippen molar-refractivity contribution in [2.24, 2.45) is 0 Å². The van der Waals surface area contributed by atoms with Gasteiger partial charge in [-0.05, 0) is 0 Å². The predicted octanol–water partition coefficient (Wildman–Crippen LogP) is 0.495. The lowest BCUT2D eigenvalue weighted by molar-refractivity contribution is 0.0381. The highest BCUT2D eigenvalue weighted by Crippen LogP contribution is 1.93. The molecule has 0 aliphatic carbocycles. The highest BCUT2D eigenvalue weighted by Gasteiger charge is 2.14. The van der Waals surface area contributed by atoms with Crippen molar-refractivity contribution in [2.75, 3.05) is 61.0 Å². The predicted molar refractivity (Wildman–Crippen MR) is 71.9 cm³/mol. The second-order valence-corrected chi connectivity index (χ2v) is 4.46. The van der Waals surface area contributed by atoms with E-state index in [1.165, 1.54) is 0 Å². The Kier molecular flexibility index (Phi) is 21.2. The van der Waals surface area contributed by atoms with E-state index in [9.17, 15) is 0 Å². The molecule has 0 spiro atoms. The summed E-state index contributed by atoms with van der Waals surface area (Å²) in [4.78, 5) is 0. The minimum absolute atomic E-state index is 0.480. The first-order chi connectivity index (χ1) is 8.85. The molecule has 0 aromatic heterocycles. The van der Waals surface area contributed by atoms with Crippen LogP contribution in [-0.2, 0) is 27.5 Å². The van der Waals surface area contributed by atoms with E-state index in [4.69, 9.17) is 27.5 Å². The Balaban J connectivity index is 0. The molecule has 0 aliphatic rings. The molecule has 0 radical (unpaired) electrons. The summed E-state index contributed by atoms with van der Waals surface area (Å²) in [5, 5.41) is 0. The summed E-state index contributed by atoms with van der Waals surface area (Å²) in [6.45, 7) is 9.04. The van der Waals surface area contributed by atoms with Crippen molar-refractivity contribution in [2.45, 2.75) is 0 Å². The molecule has 0 unspecified atom stereocenters. The second-order valence-electron chi connectivity index (χ2n) is 2.88. The van der Waals surface area contributed by atoms with Crippen LogP contribution in [0, 0.1) is 0 Å². The molecule has 110 valence electrons. The van der Waals surface area contributed by atoms with Crippen molar-refractivity contribution in [3.63, 3.8) is 0 Å². The molecular weight excluding hydrogens is 256 g/mol. The minimum atomic E-state index is -2.07. The summed E-state index contributed by atoms with van der Waals surface area (Å²) in [6, 6.07) is 0. The van der Waals surface area contributed by atoms with Gasteiger partial charge in [0.1, 0.15) is 0 Å². The molecular formula is C11H26O6Si.